The molecule has 2 heterocycles. The van der Waals surface area contributed by atoms with Crippen molar-refractivity contribution in [1.82, 2.24) is 18.9 Å². The number of hydrogen-bond acceptors (Lipinski definition) is 4. The summed E-state index contributed by atoms with van der Waals surface area (Å²) < 4.78 is 40.9. The SMILES string of the molecule is FC(F)(F)c1nsc(-n2ccnc2)n1. The first-order valence-corrected chi connectivity index (χ1v) is 4.24. The van der Waals surface area contributed by atoms with Crippen LogP contribution in [0.1, 0.15) is 5.82 Å². The van der Waals surface area contributed by atoms with E-state index in [0.29, 0.717) is 11.5 Å². The molecule has 8 heteroatoms. The average Bonchev–Trinajstić information content (AvgIpc) is 2.73. The Morgan fingerprint density at radius 1 is 1.36 bits per heavy atom. The summed E-state index contributed by atoms with van der Waals surface area (Å²) in [5, 5.41) is 0.148. The van der Waals surface area contributed by atoms with Crippen LogP contribution < -0.4 is 0 Å². The first-order valence-electron chi connectivity index (χ1n) is 3.46. The summed E-state index contributed by atoms with van der Waals surface area (Å²) >= 11 is 0.676. The molecule has 0 N–H and O–H groups in total. The van der Waals surface area contributed by atoms with Gasteiger partial charge in [-0.05, 0) is 0 Å². The average molecular weight is 220 g/mol. The van der Waals surface area contributed by atoms with Gasteiger partial charge in [0, 0.05) is 23.9 Å². The lowest BCUT2D eigenvalue weighted by Gasteiger charge is -1.97. The van der Waals surface area contributed by atoms with Crippen molar-refractivity contribution in [2.45, 2.75) is 6.18 Å². The lowest BCUT2D eigenvalue weighted by molar-refractivity contribution is -0.144. The Bertz CT molecular complexity index is 418. The molecule has 0 fully saturated rings. The number of alkyl halides is 3. The molecule has 0 radical (unpaired) electrons. The maximum atomic E-state index is 12.1. The second-order valence-electron chi connectivity index (χ2n) is 2.37. The van der Waals surface area contributed by atoms with Crippen LogP contribution in [0.25, 0.3) is 5.13 Å². The summed E-state index contributed by atoms with van der Waals surface area (Å²) in [7, 11) is 0. The molecule has 2 aromatic rings. The smallest absolute Gasteiger partial charge is 0.281 e. The van der Waals surface area contributed by atoms with Crippen molar-refractivity contribution < 1.29 is 13.2 Å². The molecule has 0 bridgehead atoms. The highest BCUT2D eigenvalue weighted by atomic mass is 32.1. The van der Waals surface area contributed by atoms with E-state index in [2.05, 4.69) is 14.3 Å². The number of aromatic nitrogens is 4. The Labute approximate surface area is 80.2 Å². The van der Waals surface area contributed by atoms with Gasteiger partial charge in [-0.1, -0.05) is 0 Å². The monoisotopic (exact) mass is 220 g/mol. The van der Waals surface area contributed by atoms with Crippen molar-refractivity contribution in [2.24, 2.45) is 0 Å². The minimum atomic E-state index is -4.49. The van der Waals surface area contributed by atoms with Crippen molar-refractivity contribution >= 4 is 11.5 Å². The van der Waals surface area contributed by atoms with Crippen molar-refractivity contribution in [2.75, 3.05) is 0 Å². The van der Waals surface area contributed by atoms with Gasteiger partial charge in [0.05, 0.1) is 0 Å². The van der Waals surface area contributed by atoms with Gasteiger partial charge >= 0.3 is 6.18 Å². The fourth-order valence-electron chi connectivity index (χ4n) is 0.808. The zero-order chi connectivity index (χ0) is 10.2. The predicted molar refractivity (Wildman–Crippen MR) is 42.0 cm³/mol. The summed E-state index contributed by atoms with van der Waals surface area (Å²) in [4.78, 5) is 7.02. The Balaban J connectivity index is 2.36. The third-order valence-corrected chi connectivity index (χ3v) is 2.12. The van der Waals surface area contributed by atoms with Crippen molar-refractivity contribution in [1.29, 1.82) is 0 Å². The Morgan fingerprint density at radius 3 is 2.64 bits per heavy atom. The number of imidazole rings is 1. The molecular formula is C6H3F3N4S. The Kier molecular flexibility index (Phi) is 1.99. The molecule has 0 saturated carbocycles. The minimum Gasteiger partial charge on any atom is -0.281 e. The van der Waals surface area contributed by atoms with Crippen LogP contribution in [0.4, 0.5) is 13.2 Å². The summed E-state index contributed by atoms with van der Waals surface area (Å²) in [6.07, 6.45) is -0.175. The Hall–Kier alpha value is -1.44. The van der Waals surface area contributed by atoms with Crippen LogP contribution in [0.2, 0.25) is 0 Å². The van der Waals surface area contributed by atoms with Crippen LogP contribution in [0, 0.1) is 0 Å². The molecule has 0 aliphatic heterocycles. The van der Waals surface area contributed by atoms with E-state index < -0.39 is 12.0 Å². The van der Waals surface area contributed by atoms with Gasteiger partial charge in [-0.15, -0.1) is 0 Å². The number of rotatable bonds is 1. The maximum Gasteiger partial charge on any atom is 0.452 e. The first kappa shape index (κ1) is 9.13. The highest BCUT2D eigenvalue weighted by Crippen LogP contribution is 2.28. The standard InChI is InChI=1S/C6H3F3N4S/c7-6(8,9)4-11-5(14-12-4)13-2-1-10-3-13/h1-3H. The van der Waals surface area contributed by atoms with E-state index in [1.54, 1.807) is 0 Å². The van der Waals surface area contributed by atoms with Crippen LogP contribution >= 0.6 is 11.5 Å². The second kappa shape index (κ2) is 3.05. The lowest BCUT2D eigenvalue weighted by atomic mass is 10.6. The fourth-order valence-corrected chi connectivity index (χ4v) is 1.45. The molecule has 0 amide bonds. The molecule has 2 rings (SSSR count). The third-order valence-electron chi connectivity index (χ3n) is 1.39. The Morgan fingerprint density at radius 2 is 2.14 bits per heavy atom. The zero-order valence-electron chi connectivity index (χ0n) is 6.56. The van der Waals surface area contributed by atoms with Gasteiger partial charge in [0.25, 0.3) is 0 Å². The fraction of sp³-hybridized carbons (Fsp3) is 0.167. The van der Waals surface area contributed by atoms with Gasteiger partial charge in [-0.2, -0.15) is 22.5 Å². The number of hydrogen-bond donors (Lipinski definition) is 0. The summed E-state index contributed by atoms with van der Waals surface area (Å²) in [5.41, 5.74) is 0. The van der Waals surface area contributed by atoms with Crippen molar-refractivity contribution in [3.05, 3.63) is 24.5 Å². The van der Waals surface area contributed by atoms with E-state index in [1.165, 1.54) is 23.3 Å². The molecule has 14 heavy (non-hydrogen) atoms. The summed E-state index contributed by atoms with van der Waals surface area (Å²) in [6.45, 7) is 0. The number of nitrogens with zero attached hydrogens (tertiary/aromatic N) is 4. The lowest BCUT2D eigenvalue weighted by Crippen LogP contribution is -2.07. The van der Waals surface area contributed by atoms with Gasteiger partial charge in [0.2, 0.25) is 11.0 Å². The largest absolute Gasteiger partial charge is 0.452 e. The second-order valence-corrected chi connectivity index (χ2v) is 3.10. The van der Waals surface area contributed by atoms with Gasteiger partial charge in [-0.25, -0.2) is 4.98 Å². The van der Waals surface area contributed by atoms with E-state index >= 15 is 0 Å². The van der Waals surface area contributed by atoms with E-state index in [9.17, 15) is 13.2 Å². The molecular weight excluding hydrogens is 217 g/mol. The third kappa shape index (κ3) is 1.60. The molecule has 0 aliphatic carbocycles. The molecule has 0 aliphatic rings. The number of halogens is 3. The topological polar surface area (TPSA) is 43.6 Å². The van der Waals surface area contributed by atoms with Crippen LogP contribution in [0.5, 0.6) is 0 Å². The van der Waals surface area contributed by atoms with E-state index in [-0.39, 0.29) is 5.13 Å². The highest BCUT2D eigenvalue weighted by molar-refractivity contribution is 7.08. The van der Waals surface area contributed by atoms with Gasteiger partial charge in [0.15, 0.2) is 0 Å². The summed E-state index contributed by atoms with van der Waals surface area (Å²) in [6, 6.07) is 0. The molecule has 2 aromatic heterocycles. The van der Waals surface area contributed by atoms with Crippen LogP contribution in [-0.2, 0) is 6.18 Å². The quantitative estimate of drug-likeness (QED) is 0.735. The normalized spacial score (nSPS) is 11.9. The van der Waals surface area contributed by atoms with Crippen LogP contribution in [0.3, 0.4) is 0 Å². The molecule has 0 spiro atoms. The van der Waals surface area contributed by atoms with E-state index in [0.717, 1.165) is 0 Å². The first-order chi connectivity index (χ1) is 6.57. The minimum absolute atomic E-state index is 0.148. The molecule has 0 aromatic carbocycles. The van der Waals surface area contributed by atoms with Gasteiger partial charge in [-0.3, -0.25) is 4.57 Å². The van der Waals surface area contributed by atoms with Crippen molar-refractivity contribution in [3.63, 3.8) is 0 Å². The molecule has 74 valence electrons. The van der Waals surface area contributed by atoms with Gasteiger partial charge in [0.1, 0.15) is 6.33 Å². The molecule has 0 atom stereocenters. The predicted octanol–water partition coefficient (Wildman–Crippen LogP) is 1.74. The maximum absolute atomic E-state index is 12.1. The molecule has 0 saturated heterocycles. The van der Waals surface area contributed by atoms with E-state index in [4.69, 9.17) is 0 Å². The van der Waals surface area contributed by atoms with Crippen molar-refractivity contribution in [3.8, 4) is 5.13 Å². The highest BCUT2D eigenvalue weighted by Gasteiger charge is 2.36. The van der Waals surface area contributed by atoms with Crippen LogP contribution in [0.15, 0.2) is 18.7 Å². The summed E-state index contributed by atoms with van der Waals surface area (Å²) in [5.74, 6) is -1.12. The van der Waals surface area contributed by atoms with E-state index in [1.807, 2.05) is 0 Å². The van der Waals surface area contributed by atoms with Gasteiger partial charge < -0.3 is 0 Å². The molecule has 0 unspecified atom stereocenters. The zero-order valence-corrected chi connectivity index (χ0v) is 7.38. The molecule has 4 nitrogen and oxygen atoms in total. The van der Waals surface area contributed by atoms with Crippen LogP contribution in [-0.4, -0.2) is 18.9 Å².